The molecule has 1 aromatic rings. The van der Waals surface area contributed by atoms with E-state index in [1.165, 1.54) is 61.7 Å². The van der Waals surface area contributed by atoms with Gasteiger partial charge in [-0.3, -0.25) is 0 Å². The highest BCUT2D eigenvalue weighted by Crippen LogP contribution is 2.13. The predicted molar refractivity (Wildman–Crippen MR) is 87.9 cm³/mol. The molecule has 2 rings (SSSR count). The molecule has 2 nitrogen and oxygen atoms in total. The molecule has 0 unspecified atom stereocenters. The lowest BCUT2D eigenvalue weighted by Gasteiger charge is -2.16. The predicted octanol–water partition coefficient (Wildman–Crippen LogP) is 2.91. The quantitative estimate of drug-likeness (QED) is 0.597. The molecule has 0 amide bonds. The van der Waals surface area contributed by atoms with Crippen molar-refractivity contribution < 1.29 is 9.64 Å². The number of benzene rings is 1. The van der Waals surface area contributed by atoms with E-state index in [1.807, 2.05) is 4.90 Å². The normalized spacial score (nSPS) is 17.1. The van der Waals surface area contributed by atoms with Gasteiger partial charge in [0.1, 0.15) is 5.75 Å². The smallest absolute Gasteiger partial charge is 0.119 e. The molecule has 106 valence electrons. The number of quaternary nitrogens is 1. The van der Waals surface area contributed by atoms with Crippen LogP contribution in [0.2, 0.25) is 0 Å². The molecule has 0 radical (unpaired) electrons. The highest BCUT2D eigenvalue weighted by molar-refractivity contribution is 14.1. The Kier molecular flexibility index (Phi) is 6.99. The largest absolute Gasteiger partial charge is 0.494 e. The molecule has 0 aliphatic carbocycles. The van der Waals surface area contributed by atoms with Crippen molar-refractivity contribution in [1.82, 2.24) is 0 Å². The highest BCUT2D eigenvalue weighted by Gasteiger charge is 2.11. The van der Waals surface area contributed by atoms with Crippen molar-refractivity contribution in [1.29, 1.82) is 0 Å². The first-order chi connectivity index (χ1) is 9.34. The summed E-state index contributed by atoms with van der Waals surface area (Å²) in [5, 5.41) is 0. The Labute approximate surface area is 130 Å². The van der Waals surface area contributed by atoms with E-state index in [0.717, 1.165) is 12.4 Å². The maximum absolute atomic E-state index is 5.76. The third kappa shape index (κ3) is 6.13. The minimum Gasteiger partial charge on any atom is -0.494 e. The molecule has 1 saturated heterocycles. The van der Waals surface area contributed by atoms with Gasteiger partial charge in [0.2, 0.25) is 0 Å². The van der Waals surface area contributed by atoms with Crippen LogP contribution in [-0.2, 0) is 0 Å². The highest BCUT2D eigenvalue weighted by atomic mass is 127. The van der Waals surface area contributed by atoms with Crippen LogP contribution in [0.1, 0.15) is 38.5 Å². The SMILES string of the molecule is Ic1ccc(OCCCC[NH+]2CCCCCC2)cc1. The second-order valence-corrected chi connectivity index (χ2v) is 6.67. The molecule has 1 aliphatic rings. The number of hydrogen-bond acceptors (Lipinski definition) is 1. The lowest BCUT2D eigenvalue weighted by Crippen LogP contribution is -3.11. The molecule has 1 N–H and O–H groups in total. The molecule has 1 aromatic carbocycles. The Morgan fingerprint density at radius 3 is 2.32 bits per heavy atom. The van der Waals surface area contributed by atoms with Crippen LogP contribution in [0.3, 0.4) is 0 Å². The van der Waals surface area contributed by atoms with Crippen LogP contribution in [-0.4, -0.2) is 26.2 Å². The summed E-state index contributed by atoms with van der Waals surface area (Å²) in [6.45, 7) is 4.96. The van der Waals surface area contributed by atoms with Crippen molar-refractivity contribution in [3.63, 3.8) is 0 Å². The Bertz CT molecular complexity index is 344. The van der Waals surface area contributed by atoms with Crippen LogP contribution in [0.5, 0.6) is 5.75 Å². The molecule has 0 spiro atoms. The second kappa shape index (κ2) is 8.80. The van der Waals surface area contributed by atoms with Gasteiger partial charge in [-0.2, -0.15) is 0 Å². The minimum absolute atomic E-state index is 0.855. The van der Waals surface area contributed by atoms with Crippen LogP contribution in [0, 0.1) is 3.57 Å². The van der Waals surface area contributed by atoms with E-state index < -0.39 is 0 Å². The van der Waals surface area contributed by atoms with Crippen molar-refractivity contribution in [3.05, 3.63) is 27.8 Å². The summed E-state index contributed by atoms with van der Waals surface area (Å²) in [5.41, 5.74) is 0. The van der Waals surface area contributed by atoms with Crippen LogP contribution in [0.4, 0.5) is 0 Å². The van der Waals surface area contributed by atoms with Crippen molar-refractivity contribution in [2.45, 2.75) is 38.5 Å². The fourth-order valence-corrected chi connectivity index (χ4v) is 3.04. The lowest BCUT2D eigenvalue weighted by molar-refractivity contribution is -0.899. The number of halogens is 1. The van der Waals surface area contributed by atoms with Crippen LogP contribution in [0.15, 0.2) is 24.3 Å². The Hall–Kier alpha value is -0.290. The minimum atomic E-state index is 0.855. The van der Waals surface area contributed by atoms with Crippen molar-refractivity contribution in [2.24, 2.45) is 0 Å². The fourth-order valence-electron chi connectivity index (χ4n) is 2.68. The summed E-state index contributed by atoms with van der Waals surface area (Å²) >= 11 is 2.32. The average Bonchev–Trinajstić information content (AvgIpc) is 2.69. The van der Waals surface area contributed by atoms with Gasteiger partial charge in [-0.05, 0) is 85.4 Å². The molecule has 1 fully saturated rings. The molecular weight excluding hydrogens is 349 g/mol. The van der Waals surface area contributed by atoms with Crippen molar-refractivity contribution >= 4 is 22.6 Å². The van der Waals surface area contributed by atoms with Crippen molar-refractivity contribution in [2.75, 3.05) is 26.2 Å². The maximum atomic E-state index is 5.76. The van der Waals surface area contributed by atoms with E-state index in [-0.39, 0.29) is 0 Å². The number of likely N-dealkylation sites (tertiary alicyclic amines) is 1. The summed E-state index contributed by atoms with van der Waals surface area (Å²) in [6.07, 6.45) is 8.21. The molecule has 1 aliphatic heterocycles. The van der Waals surface area contributed by atoms with Gasteiger partial charge in [0.25, 0.3) is 0 Å². The molecule has 0 aromatic heterocycles. The van der Waals surface area contributed by atoms with Gasteiger partial charge in [-0.15, -0.1) is 0 Å². The summed E-state index contributed by atoms with van der Waals surface area (Å²) in [5.74, 6) is 1.00. The molecule has 19 heavy (non-hydrogen) atoms. The zero-order chi connectivity index (χ0) is 13.3. The average molecular weight is 374 g/mol. The van der Waals surface area contributed by atoms with Gasteiger partial charge in [0, 0.05) is 3.57 Å². The third-order valence-corrected chi connectivity index (χ3v) is 4.54. The number of nitrogens with one attached hydrogen (secondary N) is 1. The number of unbranched alkanes of at least 4 members (excludes halogenated alkanes) is 1. The Morgan fingerprint density at radius 1 is 0.947 bits per heavy atom. The standard InChI is InChI=1S/C16H24INO/c17-15-7-9-16(10-8-15)19-14-6-5-13-18-11-3-1-2-4-12-18/h7-10H,1-6,11-14H2/p+1. The first-order valence-corrected chi connectivity index (χ1v) is 8.64. The van der Waals surface area contributed by atoms with Crippen LogP contribution in [0.25, 0.3) is 0 Å². The molecule has 0 saturated carbocycles. The summed E-state index contributed by atoms with van der Waals surface area (Å²) in [6, 6.07) is 8.30. The van der Waals surface area contributed by atoms with Gasteiger partial charge in [0.15, 0.2) is 0 Å². The fraction of sp³-hybridized carbons (Fsp3) is 0.625. The van der Waals surface area contributed by atoms with E-state index in [0.29, 0.717) is 0 Å². The Morgan fingerprint density at radius 2 is 1.63 bits per heavy atom. The van der Waals surface area contributed by atoms with E-state index in [4.69, 9.17) is 4.74 Å². The number of ether oxygens (including phenoxy) is 1. The summed E-state index contributed by atoms with van der Waals surface area (Å²) in [7, 11) is 0. The van der Waals surface area contributed by atoms with E-state index in [1.54, 1.807) is 0 Å². The topological polar surface area (TPSA) is 13.7 Å². The van der Waals surface area contributed by atoms with E-state index in [9.17, 15) is 0 Å². The van der Waals surface area contributed by atoms with E-state index >= 15 is 0 Å². The first-order valence-electron chi connectivity index (χ1n) is 7.56. The third-order valence-electron chi connectivity index (χ3n) is 3.82. The van der Waals surface area contributed by atoms with Crippen molar-refractivity contribution in [3.8, 4) is 5.75 Å². The zero-order valence-electron chi connectivity index (χ0n) is 11.7. The van der Waals surface area contributed by atoms with Gasteiger partial charge >= 0.3 is 0 Å². The molecule has 3 heteroatoms. The zero-order valence-corrected chi connectivity index (χ0v) is 13.8. The molecule has 1 heterocycles. The monoisotopic (exact) mass is 374 g/mol. The first kappa shape index (κ1) is 15.1. The van der Waals surface area contributed by atoms with Gasteiger partial charge in [-0.25, -0.2) is 0 Å². The van der Waals surface area contributed by atoms with Crippen LogP contribution >= 0.6 is 22.6 Å². The van der Waals surface area contributed by atoms with Crippen LogP contribution < -0.4 is 9.64 Å². The van der Waals surface area contributed by atoms with Gasteiger partial charge in [0.05, 0.1) is 26.2 Å². The summed E-state index contributed by atoms with van der Waals surface area (Å²) in [4.78, 5) is 1.81. The maximum Gasteiger partial charge on any atom is 0.119 e. The van der Waals surface area contributed by atoms with Gasteiger partial charge < -0.3 is 9.64 Å². The van der Waals surface area contributed by atoms with E-state index in [2.05, 4.69) is 46.9 Å². The Balaban J connectivity index is 1.55. The van der Waals surface area contributed by atoms with Gasteiger partial charge in [-0.1, -0.05) is 0 Å². The number of rotatable bonds is 6. The second-order valence-electron chi connectivity index (χ2n) is 5.42. The molecule has 0 atom stereocenters. The summed E-state index contributed by atoms with van der Waals surface area (Å²) < 4.78 is 7.02. The molecular formula is C16H25INO+. The number of hydrogen-bond donors (Lipinski definition) is 1. The lowest BCUT2D eigenvalue weighted by atomic mass is 10.2. The molecule has 0 bridgehead atoms.